The van der Waals surface area contributed by atoms with Crippen molar-refractivity contribution in [3.63, 3.8) is 0 Å². The van der Waals surface area contributed by atoms with Crippen molar-refractivity contribution in [3.05, 3.63) is 63.7 Å². The number of hydrogen-bond acceptors (Lipinski definition) is 5. The number of benzene rings is 2. The van der Waals surface area contributed by atoms with E-state index in [1.165, 1.54) is 34.1 Å². The second-order valence-corrected chi connectivity index (χ2v) is 9.69. The van der Waals surface area contributed by atoms with Crippen LogP contribution in [-0.2, 0) is 27.7 Å². The number of carbonyl (C=O) groups is 1. The molecule has 2 aliphatic rings. The summed E-state index contributed by atoms with van der Waals surface area (Å²) < 4.78 is 27.5. The fourth-order valence-electron chi connectivity index (χ4n) is 4.13. The van der Waals surface area contributed by atoms with E-state index < -0.39 is 14.9 Å². The van der Waals surface area contributed by atoms with Crippen LogP contribution < -0.4 is 5.32 Å². The van der Waals surface area contributed by atoms with Crippen LogP contribution in [0.1, 0.15) is 30.4 Å². The lowest BCUT2D eigenvalue weighted by Crippen LogP contribution is -2.41. The van der Waals surface area contributed by atoms with Gasteiger partial charge in [0.1, 0.15) is 0 Å². The lowest BCUT2D eigenvalue weighted by molar-refractivity contribution is -0.384. The molecule has 0 aromatic heterocycles. The predicted octanol–water partition coefficient (Wildman–Crippen LogP) is 3.12. The van der Waals surface area contributed by atoms with Crippen molar-refractivity contribution in [3.8, 4) is 0 Å². The van der Waals surface area contributed by atoms with Crippen molar-refractivity contribution in [2.75, 3.05) is 18.4 Å². The minimum absolute atomic E-state index is 0.0435. The first-order valence-electron chi connectivity index (χ1n) is 10.0. The van der Waals surface area contributed by atoms with Gasteiger partial charge < -0.3 is 5.32 Å². The Kier molecular flexibility index (Phi) is 5.57. The molecule has 30 heavy (non-hydrogen) atoms. The average molecular weight is 429 g/mol. The molecular weight excluding hydrogens is 406 g/mol. The van der Waals surface area contributed by atoms with Crippen LogP contribution in [0, 0.1) is 16.0 Å². The van der Waals surface area contributed by atoms with E-state index in [-0.39, 0.29) is 30.6 Å². The molecule has 1 heterocycles. The molecule has 0 spiro atoms. The fourth-order valence-corrected chi connectivity index (χ4v) is 5.65. The Balaban J connectivity index is 1.37. The Labute approximate surface area is 175 Å². The number of piperidine rings is 1. The van der Waals surface area contributed by atoms with Crippen LogP contribution in [0.5, 0.6) is 0 Å². The third kappa shape index (κ3) is 4.08. The number of sulfonamides is 1. The van der Waals surface area contributed by atoms with E-state index in [1.54, 1.807) is 12.1 Å². The second kappa shape index (κ2) is 8.16. The summed E-state index contributed by atoms with van der Waals surface area (Å²) in [5, 5.41) is 13.5. The third-order valence-electron chi connectivity index (χ3n) is 5.88. The van der Waals surface area contributed by atoms with E-state index in [9.17, 15) is 23.3 Å². The van der Waals surface area contributed by atoms with Crippen molar-refractivity contribution in [2.24, 2.45) is 5.92 Å². The summed E-state index contributed by atoms with van der Waals surface area (Å²) in [6.45, 7) is 0.579. The standard InChI is InChI=1S/C21H23N3O5S/c25-21(22-18-5-7-19(8-6-18)24(26)27)16-10-12-23(13-11-16)30(28,29)20-9-4-15-2-1-3-17(15)14-20/h4-9,14,16H,1-3,10-13H2,(H,22,25). The summed E-state index contributed by atoms with van der Waals surface area (Å²) in [6.07, 6.45) is 3.86. The monoisotopic (exact) mass is 429 g/mol. The molecule has 1 aliphatic heterocycles. The SMILES string of the molecule is O=C(Nc1ccc([N+](=O)[O-])cc1)C1CCN(S(=O)(=O)c2ccc3c(c2)CCC3)CC1. The third-order valence-corrected chi connectivity index (χ3v) is 7.77. The van der Waals surface area contributed by atoms with Crippen LogP contribution in [-0.4, -0.2) is 36.6 Å². The molecule has 4 rings (SSSR count). The molecule has 2 aromatic carbocycles. The minimum atomic E-state index is -3.57. The maximum absolute atomic E-state index is 13.0. The van der Waals surface area contributed by atoms with Crippen molar-refractivity contribution in [1.29, 1.82) is 0 Å². The summed E-state index contributed by atoms with van der Waals surface area (Å²) in [5.41, 5.74) is 2.79. The maximum Gasteiger partial charge on any atom is 0.269 e. The van der Waals surface area contributed by atoms with Crippen LogP contribution in [0.15, 0.2) is 47.4 Å². The van der Waals surface area contributed by atoms with E-state index in [0.29, 0.717) is 23.4 Å². The number of nitro groups is 1. The van der Waals surface area contributed by atoms with E-state index in [1.807, 2.05) is 6.07 Å². The fraction of sp³-hybridized carbons (Fsp3) is 0.381. The molecule has 0 atom stereocenters. The number of non-ortho nitro benzene ring substituents is 1. The highest BCUT2D eigenvalue weighted by molar-refractivity contribution is 7.89. The highest BCUT2D eigenvalue weighted by Crippen LogP contribution is 2.29. The van der Waals surface area contributed by atoms with Crippen LogP contribution in [0.3, 0.4) is 0 Å². The van der Waals surface area contributed by atoms with Gasteiger partial charge in [-0.15, -0.1) is 0 Å². The van der Waals surface area contributed by atoms with E-state index >= 15 is 0 Å². The summed E-state index contributed by atoms with van der Waals surface area (Å²) in [4.78, 5) is 23.1. The first-order valence-corrected chi connectivity index (χ1v) is 11.5. The van der Waals surface area contributed by atoms with Gasteiger partial charge in [-0.25, -0.2) is 8.42 Å². The number of rotatable bonds is 5. The van der Waals surface area contributed by atoms with Gasteiger partial charge in [0.2, 0.25) is 15.9 Å². The first-order chi connectivity index (χ1) is 14.3. The van der Waals surface area contributed by atoms with Gasteiger partial charge in [0.25, 0.3) is 5.69 Å². The number of hydrogen-bond donors (Lipinski definition) is 1. The van der Waals surface area contributed by atoms with Gasteiger partial charge >= 0.3 is 0 Å². The van der Waals surface area contributed by atoms with Crippen molar-refractivity contribution < 1.29 is 18.1 Å². The summed E-state index contributed by atoms with van der Waals surface area (Å²) >= 11 is 0. The number of nitrogens with one attached hydrogen (secondary N) is 1. The highest BCUT2D eigenvalue weighted by Gasteiger charge is 2.32. The Morgan fingerprint density at radius 3 is 2.37 bits per heavy atom. The molecule has 0 radical (unpaired) electrons. The van der Waals surface area contributed by atoms with E-state index in [4.69, 9.17) is 0 Å². The van der Waals surface area contributed by atoms with Crippen LogP contribution in [0.4, 0.5) is 11.4 Å². The smallest absolute Gasteiger partial charge is 0.269 e. The van der Waals surface area contributed by atoms with Gasteiger partial charge in [-0.1, -0.05) is 6.07 Å². The Bertz CT molecular complexity index is 1070. The summed E-state index contributed by atoms with van der Waals surface area (Å²) in [5.74, 6) is -0.495. The number of nitrogens with zero attached hydrogens (tertiary/aromatic N) is 2. The van der Waals surface area contributed by atoms with Crippen molar-refractivity contribution in [2.45, 2.75) is 37.0 Å². The molecule has 0 unspecified atom stereocenters. The average Bonchev–Trinajstić information content (AvgIpc) is 3.22. The number of anilines is 1. The molecule has 1 amide bonds. The lowest BCUT2D eigenvalue weighted by atomic mass is 9.97. The molecule has 0 saturated carbocycles. The Morgan fingerprint density at radius 1 is 1.03 bits per heavy atom. The van der Waals surface area contributed by atoms with E-state index in [0.717, 1.165) is 24.8 Å². The highest BCUT2D eigenvalue weighted by atomic mass is 32.2. The molecule has 1 N–H and O–H groups in total. The van der Waals surface area contributed by atoms with Gasteiger partial charge in [0, 0.05) is 36.8 Å². The summed E-state index contributed by atoms with van der Waals surface area (Å²) in [7, 11) is -3.57. The molecule has 1 aliphatic carbocycles. The molecule has 9 heteroatoms. The number of carbonyl (C=O) groups excluding carboxylic acids is 1. The molecule has 0 bridgehead atoms. The quantitative estimate of drug-likeness (QED) is 0.580. The molecule has 8 nitrogen and oxygen atoms in total. The van der Waals surface area contributed by atoms with Crippen molar-refractivity contribution in [1.82, 2.24) is 4.31 Å². The van der Waals surface area contributed by atoms with Gasteiger partial charge in [-0.05, 0) is 67.5 Å². The zero-order valence-electron chi connectivity index (χ0n) is 16.4. The second-order valence-electron chi connectivity index (χ2n) is 7.76. The van der Waals surface area contributed by atoms with Gasteiger partial charge in [-0.3, -0.25) is 14.9 Å². The van der Waals surface area contributed by atoms with Crippen LogP contribution in [0.2, 0.25) is 0 Å². The predicted molar refractivity (Wildman–Crippen MR) is 112 cm³/mol. The molecule has 2 aromatic rings. The molecular formula is C21H23N3O5S. The van der Waals surface area contributed by atoms with Crippen molar-refractivity contribution >= 4 is 27.3 Å². The molecule has 1 fully saturated rings. The van der Waals surface area contributed by atoms with Gasteiger partial charge in [0.05, 0.1) is 9.82 Å². The van der Waals surface area contributed by atoms with Crippen LogP contribution in [0.25, 0.3) is 0 Å². The minimum Gasteiger partial charge on any atom is -0.326 e. The number of amides is 1. The zero-order chi connectivity index (χ0) is 21.3. The maximum atomic E-state index is 13.0. The zero-order valence-corrected chi connectivity index (χ0v) is 17.2. The summed E-state index contributed by atoms with van der Waals surface area (Å²) in [6, 6.07) is 11.0. The normalized spacial score (nSPS) is 17.5. The topological polar surface area (TPSA) is 110 Å². The largest absolute Gasteiger partial charge is 0.326 e. The Morgan fingerprint density at radius 2 is 1.70 bits per heavy atom. The number of aryl methyl sites for hydroxylation is 2. The number of fused-ring (bicyclic) bond motifs is 1. The Hall–Kier alpha value is -2.78. The number of nitro benzene ring substituents is 1. The van der Waals surface area contributed by atoms with Gasteiger partial charge in [0.15, 0.2) is 0 Å². The lowest BCUT2D eigenvalue weighted by Gasteiger charge is -2.30. The van der Waals surface area contributed by atoms with Gasteiger partial charge in [-0.2, -0.15) is 4.31 Å². The van der Waals surface area contributed by atoms with E-state index in [2.05, 4.69) is 5.32 Å². The molecule has 1 saturated heterocycles. The first kappa shape index (κ1) is 20.5. The van der Waals surface area contributed by atoms with Crippen LogP contribution >= 0.6 is 0 Å². The molecule has 158 valence electrons.